The molecule has 0 aliphatic heterocycles. The highest BCUT2D eigenvalue weighted by Gasteiger charge is 2.34. The number of carbonyl (C=O) groups is 1. The molecule has 2 heterocycles. The molecule has 4 rings (SSSR count). The van der Waals surface area contributed by atoms with Crippen LogP contribution in [-0.2, 0) is 13.6 Å². The lowest BCUT2D eigenvalue weighted by Gasteiger charge is -2.20. The van der Waals surface area contributed by atoms with Gasteiger partial charge in [-0.3, -0.25) is 4.79 Å². The summed E-state index contributed by atoms with van der Waals surface area (Å²) in [6.07, 6.45) is 3.97. The molecule has 7 heteroatoms. The molecule has 0 spiro atoms. The van der Waals surface area contributed by atoms with E-state index in [9.17, 15) is 4.79 Å². The molecule has 1 aromatic carbocycles. The zero-order valence-corrected chi connectivity index (χ0v) is 12.2. The minimum atomic E-state index is 0.0316. The normalized spacial score (nSPS) is 14.4. The van der Waals surface area contributed by atoms with Crippen LogP contribution in [-0.4, -0.2) is 42.0 Å². The molecule has 2 aromatic heterocycles. The van der Waals surface area contributed by atoms with Crippen molar-refractivity contribution in [3.8, 4) is 0 Å². The van der Waals surface area contributed by atoms with E-state index >= 15 is 0 Å². The van der Waals surface area contributed by atoms with Gasteiger partial charge in [-0.05, 0) is 18.9 Å². The topological polar surface area (TPSA) is 79.7 Å². The monoisotopic (exact) mass is 296 g/mol. The molecular formula is C15H16N6O. The van der Waals surface area contributed by atoms with Crippen LogP contribution in [0.5, 0.6) is 0 Å². The lowest BCUT2D eigenvalue weighted by atomic mass is 10.1. The first-order valence-electron chi connectivity index (χ1n) is 7.31. The fourth-order valence-corrected chi connectivity index (χ4v) is 2.82. The number of nitrogens with one attached hydrogen (secondary N) is 1. The molecule has 1 amide bonds. The largest absolute Gasteiger partial charge is 0.350 e. The first kappa shape index (κ1) is 13.0. The van der Waals surface area contributed by atoms with Gasteiger partial charge in [-0.1, -0.05) is 23.4 Å². The van der Waals surface area contributed by atoms with Gasteiger partial charge in [0.2, 0.25) is 0 Å². The number of aromatic amines is 1. The molecule has 1 saturated carbocycles. The van der Waals surface area contributed by atoms with Crippen LogP contribution >= 0.6 is 0 Å². The van der Waals surface area contributed by atoms with Crippen molar-refractivity contribution in [3.05, 3.63) is 41.9 Å². The highest BCUT2D eigenvalue weighted by Crippen LogP contribution is 2.31. The van der Waals surface area contributed by atoms with Gasteiger partial charge < -0.3 is 9.47 Å². The number of amides is 1. The van der Waals surface area contributed by atoms with Crippen molar-refractivity contribution in [1.29, 1.82) is 0 Å². The van der Waals surface area contributed by atoms with E-state index < -0.39 is 0 Å². The SMILES string of the molecule is Cn1cc(C(=O)N(Cc2nn[nH]n2)C2CC2)c2ccccc21. The molecule has 7 nitrogen and oxygen atoms in total. The first-order valence-corrected chi connectivity index (χ1v) is 7.31. The maximum atomic E-state index is 13.0. The Balaban J connectivity index is 1.71. The number of H-pyrrole nitrogens is 1. The van der Waals surface area contributed by atoms with Gasteiger partial charge in [0.15, 0.2) is 5.82 Å². The molecule has 1 aliphatic rings. The molecule has 1 N–H and O–H groups in total. The van der Waals surface area contributed by atoms with E-state index in [0.717, 1.165) is 29.3 Å². The molecule has 1 aliphatic carbocycles. The quantitative estimate of drug-likeness (QED) is 0.791. The van der Waals surface area contributed by atoms with Crippen LogP contribution in [0.2, 0.25) is 0 Å². The Bertz CT molecular complexity index is 818. The number of carbonyl (C=O) groups excluding carboxylic acids is 1. The highest BCUT2D eigenvalue weighted by atomic mass is 16.2. The summed E-state index contributed by atoms with van der Waals surface area (Å²) in [5, 5.41) is 14.9. The molecule has 22 heavy (non-hydrogen) atoms. The summed E-state index contributed by atoms with van der Waals surface area (Å²) >= 11 is 0. The van der Waals surface area contributed by atoms with Crippen molar-refractivity contribution >= 4 is 16.8 Å². The summed E-state index contributed by atoms with van der Waals surface area (Å²) in [5.74, 6) is 0.574. The number of fused-ring (bicyclic) bond motifs is 1. The predicted octanol–water partition coefficient (Wildman–Crippen LogP) is 1.50. The first-order chi connectivity index (χ1) is 10.7. The zero-order valence-electron chi connectivity index (χ0n) is 12.2. The summed E-state index contributed by atoms with van der Waals surface area (Å²) in [4.78, 5) is 14.9. The molecule has 112 valence electrons. The van der Waals surface area contributed by atoms with Gasteiger partial charge in [0.25, 0.3) is 5.91 Å². The number of tetrazole rings is 1. The number of rotatable bonds is 4. The highest BCUT2D eigenvalue weighted by molar-refractivity contribution is 6.07. The molecule has 1 fully saturated rings. The van der Waals surface area contributed by atoms with Crippen molar-refractivity contribution in [3.63, 3.8) is 0 Å². The van der Waals surface area contributed by atoms with E-state index in [0.29, 0.717) is 12.4 Å². The summed E-state index contributed by atoms with van der Waals surface area (Å²) < 4.78 is 1.99. The summed E-state index contributed by atoms with van der Waals surface area (Å²) in [7, 11) is 1.96. The van der Waals surface area contributed by atoms with Crippen molar-refractivity contribution in [1.82, 2.24) is 30.1 Å². The van der Waals surface area contributed by atoms with E-state index in [1.165, 1.54) is 0 Å². The summed E-state index contributed by atoms with van der Waals surface area (Å²) in [5.41, 5.74) is 1.79. The number of hydrogen-bond donors (Lipinski definition) is 1. The Kier molecular flexibility index (Phi) is 2.92. The second-order valence-electron chi connectivity index (χ2n) is 5.66. The minimum Gasteiger partial charge on any atom is -0.350 e. The van der Waals surface area contributed by atoms with E-state index in [2.05, 4.69) is 20.6 Å². The van der Waals surface area contributed by atoms with E-state index in [-0.39, 0.29) is 11.9 Å². The minimum absolute atomic E-state index is 0.0316. The number of aromatic nitrogens is 5. The van der Waals surface area contributed by atoms with Gasteiger partial charge in [0.1, 0.15) is 0 Å². The molecule has 3 aromatic rings. The average Bonchev–Trinajstić information content (AvgIpc) is 3.14. The van der Waals surface area contributed by atoms with Crippen LogP contribution in [0.3, 0.4) is 0 Å². The number of para-hydroxylation sites is 1. The van der Waals surface area contributed by atoms with Crippen LogP contribution in [0.25, 0.3) is 10.9 Å². The van der Waals surface area contributed by atoms with Crippen molar-refractivity contribution in [2.75, 3.05) is 0 Å². The van der Waals surface area contributed by atoms with Gasteiger partial charge >= 0.3 is 0 Å². The fraction of sp³-hybridized carbons (Fsp3) is 0.333. The zero-order chi connectivity index (χ0) is 15.1. The molecule has 0 saturated heterocycles. The lowest BCUT2D eigenvalue weighted by Crippen LogP contribution is -2.33. The van der Waals surface area contributed by atoms with Crippen LogP contribution in [0.4, 0.5) is 0 Å². The second kappa shape index (κ2) is 4.94. The van der Waals surface area contributed by atoms with Gasteiger partial charge in [-0.15, -0.1) is 10.2 Å². The summed E-state index contributed by atoms with van der Waals surface area (Å²) in [6.45, 7) is 0.392. The maximum Gasteiger partial charge on any atom is 0.256 e. The predicted molar refractivity (Wildman–Crippen MR) is 80.0 cm³/mol. The van der Waals surface area contributed by atoms with Crippen molar-refractivity contribution in [2.24, 2.45) is 7.05 Å². The molecule has 0 atom stereocenters. The Hall–Kier alpha value is -2.70. The number of hydrogen-bond acceptors (Lipinski definition) is 4. The lowest BCUT2D eigenvalue weighted by molar-refractivity contribution is 0.0727. The van der Waals surface area contributed by atoms with Crippen LogP contribution in [0.1, 0.15) is 29.0 Å². The van der Waals surface area contributed by atoms with Crippen LogP contribution in [0.15, 0.2) is 30.5 Å². The second-order valence-corrected chi connectivity index (χ2v) is 5.66. The van der Waals surface area contributed by atoms with Crippen molar-refractivity contribution in [2.45, 2.75) is 25.4 Å². The van der Waals surface area contributed by atoms with Gasteiger partial charge in [0.05, 0.1) is 12.1 Å². The third-order valence-corrected chi connectivity index (χ3v) is 4.08. The maximum absolute atomic E-state index is 13.0. The Labute approximate surface area is 126 Å². The fourth-order valence-electron chi connectivity index (χ4n) is 2.82. The summed E-state index contributed by atoms with van der Waals surface area (Å²) in [6, 6.07) is 8.23. The van der Waals surface area contributed by atoms with Crippen molar-refractivity contribution < 1.29 is 4.79 Å². The molecule has 0 bridgehead atoms. The van der Waals surface area contributed by atoms with E-state index in [1.807, 2.05) is 47.0 Å². The van der Waals surface area contributed by atoms with Crippen LogP contribution in [0, 0.1) is 0 Å². The molecule has 0 radical (unpaired) electrons. The van der Waals surface area contributed by atoms with Crippen LogP contribution < -0.4 is 0 Å². The van der Waals surface area contributed by atoms with Gasteiger partial charge in [0, 0.05) is 30.2 Å². The smallest absolute Gasteiger partial charge is 0.256 e. The Morgan fingerprint density at radius 2 is 2.23 bits per heavy atom. The Morgan fingerprint density at radius 3 is 2.95 bits per heavy atom. The van der Waals surface area contributed by atoms with E-state index in [4.69, 9.17) is 0 Å². The van der Waals surface area contributed by atoms with Gasteiger partial charge in [-0.25, -0.2) is 0 Å². The number of aryl methyl sites for hydroxylation is 1. The molecule has 0 unspecified atom stereocenters. The number of nitrogens with zero attached hydrogens (tertiary/aromatic N) is 5. The Morgan fingerprint density at radius 1 is 1.41 bits per heavy atom. The van der Waals surface area contributed by atoms with Gasteiger partial charge in [-0.2, -0.15) is 5.21 Å². The standard InChI is InChI=1S/C15H16N6O/c1-20-8-12(11-4-2-3-5-13(11)20)15(22)21(10-6-7-10)9-14-16-18-19-17-14/h2-5,8,10H,6-7,9H2,1H3,(H,16,17,18,19). The third kappa shape index (κ3) is 2.14. The average molecular weight is 296 g/mol. The van der Waals surface area contributed by atoms with E-state index in [1.54, 1.807) is 0 Å². The molecular weight excluding hydrogens is 280 g/mol. The third-order valence-electron chi connectivity index (χ3n) is 4.08. The number of benzene rings is 1.